The fraction of sp³-hybridized carbons (Fsp3) is 0.133. The number of amides is 1. The molecule has 0 aliphatic carbocycles. The molecule has 0 atom stereocenters. The number of carbonyl (C=O) groups excluding carboxylic acids is 1. The number of carbonyl (C=O) groups is 1. The Labute approximate surface area is 112 Å². The summed E-state index contributed by atoms with van der Waals surface area (Å²) >= 11 is 0. The lowest BCUT2D eigenvalue weighted by Gasteiger charge is -2.09. The van der Waals surface area contributed by atoms with E-state index in [1.807, 2.05) is 13.0 Å². The molecule has 0 saturated carbocycles. The van der Waals surface area contributed by atoms with Crippen molar-refractivity contribution in [3.8, 4) is 11.5 Å². The number of nitrogens with two attached hydrogens (primary N) is 1. The van der Waals surface area contributed by atoms with Crippen molar-refractivity contribution < 1.29 is 9.53 Å². The second-order valence-corrected chi connectivity index (χ2v) is 4.23. The van der Waals surface area contributed by atoms with Crippen LogP contribution in [0.1, 0.15) is 15.9 Å². The number of ether oxygens (including phenoxy) is 1. The molecule has 4 nitrogen and oxygen atoms in total. The van der Waals surface area contributed by atoms with Gasteiger partial charge in [0.25, 0.3) is 5.91 Å². The van der Waals surface area contributed by atoms with Crippen molar-refractivity contribution >= 4 is 11.6 Å². The number of hydrogen-bond acceptors (Lipinski definition) is 3. The first-order valence-corrected chi connectivity index (χ1v) is 5.96. The molecule has 19 heavy (non-hydrogen) atoms. The largest absolute Gasteiger partial charge is 0.457 e. The number of aryl methyl sites for hydroxylation is 1. The van der Waals surface area contributed by atoms with Gasteiger partial charge in [0, 0.05) is 18.3 Å². The lowest BCUT2D eigenvalue weighted by Crippen LogP contribution is -2.18. The summed E-state index contributed by atoms with van der Waals surface area (Å²) < 4.78 is 5.70. The molecule has 2 aromatic carbocycles. The molecular weight excluding hydrogens is 240 g/mol. The summed E-state index contributed by atoms with van der Waals surface area (Å²) in [4.78, 5) is 11.6. The molecule has 0 bridgehead atoms. The van der Waals surface area contributed by atoms with E-state index in [4.69, 9.17) is 10.5 Å². The highest BCUT2D eigenvalue weighted by atomic mass is 16.5. The second-order valence-electron chi connectivity index (χ2n) is 4.23. The number of nitrogens with one attached hydrogen (secondary N) is 1. The maximum Gasteiger partial charge on any atom is 0.251 e. The summed E-state index contributed by atoms with van der Waals surface area (Å²) in [5.41, 5.74) is 7.82. The molecule has 2 aromatic rings. The van der Waals surface area contributed by atoms with E-state index in [1.54, 1.807) is 43.4 Å². The maximum absolute atomic E-state index is 11.6. The first-order valence-electron chi connectivity index (χ1n) is 5.96. The SMILES string of the molecule is CNC(=O)c1ccc(Oc2ccc(N)cc2)cc1C. The molecular formula is C15H16N2O2. The molecule has 4 heteroatoms. The Morgan fingerprint density at radius 1 is 1.11 bits per heavy atom. The Kier molecular flexibility index (Phi) is 3.71. The van der Waals surface area contributed by atoms with Crippen molar-refractivity contribution in [1.82, 2.24) is 5.32 Å². The third-order valence-corrected chi connectivity index (χ3v) is 2.79. The van der Waals surface area contributed by atoms with Gasteiger partial charge in [0.1, 0.15) is 11.5 Å². The highest BCUT2D eigenvalue weighted by Crippen LogP contribution is 2.24. The zero-order valence-corrected chi connectivity index (χ0v) is 10.9. The molecule has 0 aliphatic rings. The molecule has 0 fully saturated rings. The summed E-state index contributed by atoms with van der Waals surface area (Å²) in [5.74, 6) is 1.30. The van der Waals surface area contributed by atoms with Gasteiger partial charge in [0.15, 0.2) is 0 Å². The van der Waals surface area contributed by atoms with Crippen molar-refractivity contribution in [2.24, 2.45) is 0 Å². The van der Waals surface area contributed by atoms with Crippen molar-refractivity contribution in [3.63, 3.8) is 0 Å². The molecule has 2 rings (SSSR count). The fourth-order valence-electron chi connectivity index (χ4n) is 1.76. The first kappa shape index (κ1) is 13.0. The molecule has 0 aliphatic heterocycles. The van der Waals surface area contributed by atoms with Gasteiger partial charge in [-0.05, 0) is 55.0 Å². The molecule has 0 saturated heterocycles. The van der Waals surface area contributed by atoms with Crippen molar-refractivity contribution in [2.45, 2.75) is 6.92 Å². The Hall–Kier alpha value is -2.49. The predicted molar refractivity (Wildman–Crippen MR) is 75.5 cm³/mol. The number of rotatable bonds is 3. The molecule has 0 spiro atoms. The van der Waals surface area contributed by atoms with Crippen molar-refractivity contribution in [1.29, 1.82) is 0 Å². The van der Waals surface area contributed by atoms with E-state index in [2.05, 4.69) is 5.32 Å². The van der Waals surface area contributed by atoms with Gasteiger partial charge >= 0.3 is 0 Å². The number of hydrogen-bond donors (Lipinski definition) is 2. The number of benzene rings is 2. The van der Waals surface area contributed by atoms with Crippen LogP contribution in [0.25, 0.3) is 0 Å². The topological polar surface area (TPSA) is 64.3 Å². The van der Waals surface area contributed by atoms with E-state index in [9.17, 15) is 4.79 Å². The second kappa shape index (κ2) is 5.44. The van der Waals surface area contributed by atoms with Crippen LogP contribution >= 0.6 is 0 Å². The molecule has 0 aromatic heterocycles. The van der Waals surface area contributed by atoms with Crippen LogP contribution in [0.2, 0.25) is 0 Å². The van der Waals surface area contributed by atoms with E-state index in [0.717, 1.165) is 5.56 Å². The van der Waals surface area contributed by atoms with Crippen LogP contribution in [0, 0.1) is 6.92 Å². The number of nitrogen functional groups attached to an aromatic ring is 1. The van der Waals surface area contributed by atoms with Gasteiger partial charge in [0.05, 0.1) is 0 Å². The summed E-state index contributed by atoms with van der Waals surface area (Å²) in [5, 5.41) is 2.60. The zero-order chi connectivity index (χ0) is 13.8. The summed E-state index contributed by atoms with van der Waals surface area (Å²) in [6.07, 6.45) is 0. The smallest absolute Gasteiger partial charge is 0.251 e. The van der Waals surface area contributed by atoms with Crippen LogP contribution in [0.4, 0.5) is 5.69 Å². The van der Waals surface area contributed by atoms with Gasteiger partial charge in [-0.2, -0.15) is 0 Å². The summed E-state index contributed by atoms with van der Waals surface area (Å²) in [7, 11) is 1.61. The average Bonchev–Trinajstić information content (AvgIpc) is 2.41. The Balaban J connectivity index is 2.20. The molecule has 3 N–H and O–H groups in total. The monoisotopic (exact) mass is 256 g/mol. The molecule has 98 valence electrons. The summed E-state index contributed by atoms with van der Waals surface area (Å²) in [6.45, 7) is 1.88. The molecule has 0 unspecified atom stereocenters. The van der Waals surface area contributed by atoms with E-state index < -0.39 is 0 Å². The highest BCUT2D eigenvalue weighted by molar-refractivity contribution is 5.95. The van der Waals surface area contributed by atoms with Gasteiger partial charge in [-0.25, -0.2) is 0 Å². The third-order valence-electron chi connectivity index (χ3n) is 2.79. The predicted octanol–water partition coefficient (Wildman–Crippen LogP) is 2.73. The minimum Gasteiger partial charge on any atom is -0.457 e. The molecule has 1 amide bonds. The lowest BCUT2D eigenvalue weighted by molar-refractivity contribution is 0.0962. The van der Waals surface area contributed by atoms with Crippen LogP contribution in [0.15, 0.2) is 42.5 Å². The number of anilines is 1. The minimum atomic E-state index is -0.100. The quantitative estimate of drug-likeness (QED) is 0.830. The van der Waals surface area contributed by atoms with Crippen LogP contribution in [-0.4, -0.2) is 13.0 Å². The van der Waals surface area contributed by atoms with Crippen LogP contribution in [0.3, 0.4) is 0 Å². The van der Waals surface area contributed by atoms with Crippen LogP contribution < -0.4 is 15.8 Å². The first-order chi connectivity index (χ1) is 9.10. The molecule has 0 heterocycles. The van der Waals surface area contributed by atoms with E-state index in [1.165, 1.54) is 0 Å². The maximum atomic E-state index is 11.6. The standard InChI is InChI=1S/C15H16N2O2/c1-10-9-13(7-8-14(10)15(18)17-2)19-12-5-3-11(16)4-6-12/h3-9H,16H2,1-2H3,(H,17,18). The van der Waals surface area contributed by atoms with Crippen molar-refractivity contribution in [3.05, 3.63) is 53.6 Å². The van der Waals surface area contributed by atoms with Gasteiger partial charge in [-0.15, -0.1) is 0 Å². The molecule has 0 radical (unpaired) electrons. The van der Waals surface area contributed by atoms with E-state index in [0.29, 0.717) is 22.7 Å². The van der Waals surface area contributed by atoms with E-state index >= 15 is 0 Å². The van der Waals surface area contributed by atoms with Gasteiger partial charge in [0.2, 0.25) is 0 Å². The average molecular weight is 256 g/mol. The van der Waals surface area contributed by atoms with Crippen molar-refractivity contribution in [2.75, 3.05) is 12.8 Å². The van der Waals surface area contributed by atoms with Crippen LogP contribution in [0.5, 0.6) is 11.5 Å². The van der Waals surface area contributed by atoms with Gasteiger partial charge in [-0.3, -0.25) is 4.79 Å². The lowest BCUT2D eigenvalue weighted by atomic mass is 10.1. The Morgan fingerprint density at radius 2 is 1.74 bits per heavy atom. The van der Waals surface area contributed by atoms with Gasteiger partial charge in [-0.1, -0.05) is 0 Å². The van der Waals surface area contributed by atoms with Gasteiger partial charge < -0.3 is 15.8 Å². The fourth-order valence-corrected chi connectivity index (χ4v) is 1.76. The van der Waals surface area contributed by atoms with E-state index in [-0.39, 0.29) is 5.91 Å². The third kappa shape index (κ3) is 3.04. The Morgan fingerprint density at radius 3 is 2.32 bits per heavy atom. The highest BCUT2D eigenvalue weighted by Gasteiger charge is 2.08. The minimum absolute atomic E-state index is 0.100. The van der Waals surface area contributed by atoms with Crippen LogP contribution in [-0.2, 0) is 0 Å². The Bertz CT molecular complexity index is 592. The normalized spacial score (nSPS) is 10.0. The summed E-state index contributed by atoms with van der Waals surface area (Å²) in [6, 6.07) is 12.5. The zero-order valence-electron chi connectivity index (χ0n) is 10.9.